The number of nitrogens with one attached hydrogen (secondary N) is 1. The molecule has 0 radical (unpaired) electrons. The number of carboxylic acid groups (broad SMARTS) is 1. The van der Waals surface area contributed by atoms with Gasteiger partial charge in [0.25, 0.3) is 0 Å². The summed E-state index contributed by atoms with van der Waals surface area (Å²) in [6.45, 7) is 2.07. The topological polar surface area (TPSA) is 61.7 Å². The molecule has 0 heterocycles. The van der Waals surface area contributed by atoms with Gasteiger partial charge >= 0.3 is 5.97 Å². The van der Waals surface area contributed by atoms with E-state index >= 15 is 0 Å². The highest BCUT2D eigenvalue weighted by Gasteiger charge is 2.09. The van der Waals surface area contributed by atoms with Crippen molar-refractivity contribution in [2.45, 2.75) is 39.0 Å². The molecular weight excluding hydrogens is 204 g/mol. The van der Waals surface area contributed by atoms with E-state index in [-0.39, 0.29) is 5.71 Å². The lowest BCUT2D eigenvalue weighted by molar-refractivity contribution is -0.129. The largest absolute Gasteiger partial charge is 0.477 e. The molecule has 1 aliphatic rings. The van der Waals surface area contributed by atoms with E-state index in [1.807, 2.05) is 6.08 Å². The Labute approximate surface area is 96.4 Å². The fraction of sp³-hybridized carbons (Fsp3) is 0.667. The highest BCUT2D eigenvalue weighted by molar-refractivity contribution is 6.34. The van der Waals surface area contributed by atoms with Gasteiger partial charge in [-0.2, -0.15) is 5.10 Å². The molecule has 90 valence electrons. The van der Waals surface area contributed by atoms with Gasteiger partial charge in [-0.25, -0.2) is 4.79 Å². The fourth-order valence-corrected chi connectivity index (χ4v) is 1.85. The molecule has 4 nitrogen and oxygen atoms in total. The van der Waals surface area contributed by atoms with Gasteiger partial charge < -0.3 is 10.5 Å². The number of aliphatic carboxylic acids is 1. The highest BCUT2D eigenvalue weighted by Crippen LogP contribution is 2.24. The van der Waals surface area contributed by atoms with Gasteiger partial charge in [-0.3, -0.25) is 0 Å². The summed E-state index contributed by atoms with van der Waals surface area (Å²) in [7, 11) is 0. The van der Waals surface area contributed by atoms with Crippen LogP contribution >= 0.6 is 0 Å². The quantitative estimate of drug-likeness (QED) is 0.325. The lowest BCUT2D eigenvalue weighted by Gasteiger charge is -2.17. The molecule has 0 aromatic carbocycles. The summed E-state index contributed by atoms with van der Waals surface area (Å²) in [4.78, 5) is 10.4. The molecule has 16 heavy (non-hydrogen) atoms. The molecule has 2 N–H and O–H groups in total. The first-order chi connectivity index (χ1) is 7.70. The molecular formula is C12H20N2O2. The molecule has 1 saturated carbocycles. The monoisotopic (exact) mass is 224 g/mol. The van der Waals surface area contributed by atoms with Crippen LogP contribution in [0.5, 0.6) is 0 Å². The van der Waals surface area contributed by atoms with Crippen molar-refractivity contribution in [3.8, 4) is 0 Å². The van der Waals surface area contributed by atoms with Gasteiger partial charge in [0.15, 0.2) is 0 Å². The van der Waals surface area contributed by atoms with Gasteiger partial charge in [0.05, 0.1) is 6.54 Å². The zero-order valence-electron chi connectivity index (χ0n) is 9.78. The van der Waals surface area contributed by atoms with E-state index in [0.29, 0.717) is 12.5 Å². The van der Waals surface area contributed by atoms with Gasteiger partial charge in [0.1, 0.15) is 5.71 Å². The van der Waals surface area contributed by atoms with E-state index in [1.165, 1.54) is 39.0 Å². The number of hydrogen-bond acceptors (Lipinski definition) is 3. The molecule has 0 aromatic heterocycles. The van der Waals surface area contributed by atoms with Crippen LogP contribution in [0.3, 0.4) is 0 Å². The van der Waals surface area contributed by atoms with Crippen molar-refractivity contribution in [1.29, 1.82) is 0 Å². The van der Waals surface area contributed by atoms with Crippen LogP contribution in [-0.4, -0.2) is 23.3 Å². The Hall–Kier alpha value is -1.32. The Bertz CT molecular complexity index is 279. The Kier molecular flexibility index (Phi) is 5.61. The van der Waals surface area contributed by atoms with Gasteiger partial charge in [-0.1, -0.05) is 31.4 Å². The Balaban J connectivity index is 2.16. The number of carboxylic acids is 1. The number of carbonyl (C=O) groups is 1. The van der Waals surface area contributed by atoms with Crippen LogP contribution in [-0.2, 0) is 4.79 Å². The van der Waals surface area contributed by atoms with Crippen LogP contribution in [0.2, 0.25) is 0 Å². The minimum Gasteiger partial charge on any atom is -0.477 e. The summed E-state index contributed by atoms with van der Waals surface area (Å²) in [6.07, 6.45) is 10.9. The Morgan fingerprint density at radius 1 is 1.44 bits per heavy atom. The van der Waals surface area contributed by atoms with E-state index in [1.54, 1.807) is 0 Å². The predicted octanol–water partition coefficient (Wildman–Crippen LogP) is 2.17. The summed E-state index contributed by atoms with van der Waals surface area (Å²) in [5.41, 5.74) is 2.82. The van der Waals surface area contributed by atoms with Crippen molar-refractivity contribution < 1.29 is 9.90 Å². The van der Waals surface area contributed by atoms with E-state index in [2.05, 4.69) is 16.6 Å². The van der Waals surface area contributed by atoms with Gasteiger partial charge in [0.2, 0.25) is 0 Å². The molecule has 4 heteroatoms. The molecule has 1 rings (SSSR count). The third-order valence-electron chi connectivity index (χ3n) is 2.82. The lowest BCUT2D eigenvalue weighted by Crippen LogP contribution is -2.15. The minimum atomic E-state index is -0.983. The first-order valence-corrected chi connectivity index (χ1v) is 5.87. The van der Waals surface area contributed by atoms with Crippen molar-refractivity contribution in [2.24, 2.45) is 11.0 Å². The molecule has 0 saturated heterocycles. The van der Waals surface area contributed by atoms with Crippen LogP contribution in [0.1, 0.15) is 39.0 Å². The molecule has 0 unspecified atom stereocenters. The van der Waals surface area contributed by atoms with Crippen molar-refractivity contribution in [3.05, 3.63) is 12.2 Å². The van der Waals surface area contributed by atoms with Crippen LogP contribution in [0.15, 0.2) is 17.3 Å². The predicted molar refractivity (Wildman–Crippen MR) is 64.5 cm³/mol. The molecule has 0 aliphatic heterocycles. The molecule has 0 aromatic rings. The summed E-state index contributed by atoms with van der Waals surface area (Å²) in [5, 5.41) is 12.3. The van der Waals surface area contributed by atoms with Crippen LogP contribution in [0.4, 0.5) is 0 Å². The average Bonchev–Trinajstić information content (AvgIpc) is 2.29. The number of rotatable bonds is 5. The van der Waals surface area contributed by atoms with Crippen molar-refractivity contribution >= 4 is 11.7 Å². The number of hydrogen-bond donors (Lipinski definition) is 2. The van der Waals surface area contributed by atoms with E-state index in [9.17, 15) is 4.79 Å². The second-order valence-electron chi connectivity index (χ2n) is 4.19. The maximum atomic E-state index is 10.4. The molecule has 0 atom stereocenters. The number of allylic oxidation sites excluding steroid dienone is 1. The lowest BCUT2D eigenvalue weighted by atomic mass is 9.89. The Morgan fingerprint density at radius 3 is 2.75 bits per heavy atom. The van der Waals surface area contributed by atoms with E-state index in [4.69, 9.17) is 5.11 Å². The first-order valence-electron chi connectivity index (χ1n) is 5.87. The molecule has 0 spiro atoms. The molecule has 0 bridgehead atoms. The Morgan fingerprint density at radius 2 is 2.12 bits per heavy atom. The fourth-order valence-electron chi connectivity index (χ4n) is 1.85. The highest BCUT2D eigenvalue weighted by atomic mass is 16.4. The van der Waals surface area contributed by atoms with Crippen LogP contribution < -0.4 is 5.43 Å². The van der Waals surface area contributed by atoms with Crippen molar-refractivity contribution in [3.63, 3.8) is 0 Å². The molecule has 1 aliphatic carbocycles. The summed E-state index contributed by atoms with van der Waals surface area (Å²) < 4.78 is 0. The standard InChI is InChI=1S/C12H20N2O2/c1-10(12(15)16)14-13-9-5-8-11-6-3-2-4-7-11/h5,8,11,13H,2-4,6-7,9H2,1H3,(H,15,16). The summed E-state index contributed by atoms with van der Waals surface area (Å²) in [6, 6.07) is 0. The molecule has 0 amide bonds. The maximum absolute atomic E-state index is 10.4. The zero-order valence-corrected chi connectivity index (χ0v) is 9.78. The first kappa shape index (κ1) is 12.7. The second kappa shape index (κ2) is 7.04. The van der Waals surface area contributed by atoms with Crippen molar-refractivity contribution in [1.82, 2.24) is 5.43 Å². The summed E-state index contributed by atoms with van der Waals surface area (Å²) in [5.74, 6) is -0.274. The van der Waals surface area contributed by atoms with Gasteiger partial charge in [0, 0.05) is 0 Å². The van der Waals surface area contributed by atoms with Crippen molar-refractivity contribution in [2.75, 3.05) is 6.54 Å². The van der Waals surface area contributed by atoms with Crippen LogP contribution in [0.25, 0.3) is 0 Å². The smallest absolute Gasteiger partial charge is 0.351 e. The number of nitrogens with zero attached hydrogens (tertiary/aromatic N) is 1. The second-order valence-corrected chi connectivity index (χ2v) is 4.19. The van der Waals surface area contributed by atoms with Gasteiger partial charge in [-0.15, -0.1) is 0 Å². The van der Waals surface area contributed by atoms with E-state index < -0.39 is 5.97 Å². The van der Waals surface area contributed by atoms with Gasteiger partial charge in [-0.05, 0) is 25.7 Å². The third-order valence-corrected chi connectivity index (χ3v) is 2.82. The van der Waals surface area contributed by atoms with E-state index in [0.717, 1.165) is 0 Å². The normalized spacial score (nSPS) is 18.9. The minimum absolute atomic E-state index is 0.0890. The molecule has 1 fully saturated rings. The van der Waals surface area contributed by atoms with Crippen LogP contribution in [0, 0.1) is 5.92 Å². The third kappa shape index (κ3) is 4.96. The summed E-state index contributed by atoms with van der Waals surface area (Å²) >= 11 is 0. The number of hydrazone groups is 1. The maximum Gasteiger partial charge on any atom is 0.351 e. The zero-order chi connectivity index (χ0) is 11.8. The SMILES string of the molecule is CC(=NNCC=CC1CCCCC1)C(=O)O. The average molecular weight is 224 g/mol.